The van der Waals surface area contributed by atoms with E-state index in [2.05, 4.69) is 39.9 Å². The third kappa shape index (κ3) is 3.67. The fraction of sp³-hybridized carbons (Fsp3) is 0.286. The molecule has 1 amide bonds. The smallest absolute Gasteiger partial charge is 0.248 e. The number of benzene rings is 2. The van der Waals surface area contributed by atoms with Crippen LogP contribution < -0.4 is 10.1 Å². The quantitative estimate of drug-likeness (QED) is 0.814. The minimum atomic E-state index is -0.144. The first-order valence-corrected chi connectivity index (χ1v) is 8.05. The van der Waals surface area contributed by atoms with Gasteiger partial charge in [0.2, 0.25) is 5.91 Å². The number of nitrogens with one attached hydrogen (secondary N) is 1. The van der Waals surface area contributed by atoms with Crippen molar-refractivity contribution in [1.29, 1.82) is 0 Å². The Morgan fingerprint density at radius 3 is 1.88 bits per heavy atom. The molecule has 0 aliphatic heterocycles. The molecule has 1 N–H and O–H groups in total. The molecule has 2 aromatic carbocycles. The molecule has 3 nitrogen and oxygen atoms in total. The van der Waals surface area contributed by atoms with E-state index >= 15 is 0 Å². The predicted octanol–water partition coefficient (Wildman–Crippen LogP) is 4.89. The summed E-state index contributed by atoms with van der Waals surface area (Å²) in [6.45, 7) is 10.6. The summed E-state index contributed by atoms with van der Waals surface area (Å²) in [5, 5.41) is 2.86. The van der Waals surface area contributed by atoms with Gasteiger partial charge in [0, 0.05) is 11.8 Å². The van der Waals surface area contributed by atoms with E-state index in [9.17, 15) is 4.79 Å². The molecule has 0 aliphatic rings. The fourth-order valence-electron chi connectivity index (χ4n) is 2.80. The molecule has 0 spiro atoms. The largest absolute Gasteiger partial charge is 0.497 e. The van der Waals surface area contributed by atoms with Crippen molar-refractivity contribution in [2.45, 2.75) is 34.6 Å². The predicted molar refractivity (Wildman–Crippen MR) is 101 cm³/mol. The number of carbonyl (C=O) groups excluding carboxylic acids is 1. The Hall–Kier alpha value is -2.55. The van der Waals surface area contributed by atoms with Gasteiger partial charge in [0.25, 0.3) is 0 Å². The number of carbonyl (C=O) groups is 1. The van der Waals surface area contributed by atoms with Gasteiger partial charge in [0.15, 0.2) is 0 Å². The van der Waals surface area contributed by atoms with Crippen LogP contribution in [-0.4, -0.2) is 13.0 Å². The molecule has 0 unspecified atom stereocenters. The molecule has 0 saturated heterocycles. The Labute approximate surface area is 144 Å². The Morgan fingerprint density at radius 2 is 1.38 bits per heavy atom. The first-order chi connectivity index (χ1) is 11.3. The van der Waals surface area contributed by atoms with Gasteiger partial charge in [-0.05, 0) is 98.3 Å². The molecule has 0 fully saturated rings. The summed E-state index contributed by atoms with van der Waals surface area (Å²) in [6, 6.07) is 7.28. The summed E-state index contributed by atoms with van der Waals surface area (Å²) in [6.07, 6.45) is 3.50. The van der Waals surface area contributed by atoms with Crippen LogP contribution in [0.3, 0.4) is 0 Å². The van der Waals surface area contributed by atoms with Crippen molar-refractivity contribution >= 4 is 17.7 Å². The molecular formula is C21H25NO2. The van der Waals surface area contributed by atoms with Crippen molar-refractivity contribution in [2.24, 2.45) is 0 Å². The van der Waals surface area contributed by atoms with E-state index in [4.69, 9.17) is 4.74 Å². The first kappa shape index (κ1) is 17.8. The minimum absolute atomic E-state index is 0.144. The first-order valence-electron chi connectivity index (χ1n) is 8.05. The van der Waals surface area contributed by atoms with Crippen LogP contribution in [0.2, 0.25) is 0 Å². The van der Waals surface area contributed by atoms with E-state index in [0.29, 0.717) is 0 Å². The standard InChI is InChI=1S/C21H25NO2/c1-13-14(2)16(4)20(17(5)15(13)3)11-12-21(23)22-18-7-9-19(24-6)10-8-18/h7-12H,1-6H3,(H,22,23)/b12-11+. The highest BCUT2D eigenvalue weighted by molar-refractivity contribution is 6.02. The second kappa shape index (κ2) is 7.35. The maximum absolute atomic E-state index is 12.2. The molecule has 126 valence electrons. The van der Waals surface area contributed by atoms with Gasteiger partial charge < -0.3 is 10.1 Å². The van der Waals surface area contributed by atoms with Crippen molar-refractivity contribution in [1.82, 2.24) is 0 Å². The Bertz CT molecular complexity index is 757. The third-order valence-electron chi connectivity index (χ3n) is 4.82. The molecule has 3 heteroatoms. The van der Waals surface area contributed by atoms with Crippen molar-refractivity contribution < 1.29 is 9.53 Å². The van der Waals surface area contributed by atoms with Gasteiger partial charge in [-0.15, -0.1) is 0 Å². The molecular weight excluding hydrogens is 298 g/mol. The number of hydrogen-bond donors (Lipinski definition) is 1. The lowest BCUT2D eigenvalue weighted by atomic mass is 9.89. The van der Waals surface area contributed by atoms with Crippen LogP contribution in [0.4, 0.5) is 5.69 Å². The molecule has 24 heavy (non-hydrogen) atoms. The molecule has 0 bridgehead atoms. The van der Waals surface area contributed by atoms with Gasteiger partial charge in [0.05, 0.1) is 7.11 Å². The SMILES string of the molecule is COc1ccc(NC(=O)/C=C/c2c(C)c(C)c(C)c(C)c2C)cc1. The Morgan fingerprint density at radius 1 is 0.875 bits per heavy atom. The van der Waals surface area contributed by atoms with Crippen molar-refractivity contribution in [3.8, 4) is 5.75 Å². The number of anilines is 1. The summed E-state index contributed by atoms with van der Waals surface area (Å²) >= 11 is 0. The summed E-state index contributed by atoms with van der Waals surface area (Å²) in [5.41, 5.74) is 8.22. The van der Waals surface area contributed by atoms with Crippen molar-refractivity contribution in [3.05, 3.63) is 63.7 Å². The summed E-state index contributed by atoms with van der Waals surface area (Å²) in [7, 11) is 1.62. The van der Waals surface area contributed by atoms with Gasteiger partial charge in [-0.1, -0.05) is 0 Å². The number of amides is 1. The van der Waals surface area contributed by atoms with Crippen LogP contribution in [0.25, 0.3) is 6.08 Å². The van der Waals surface area contributed by atoms with Crippen LogP contribution in [0.15, 0.2) is 30.3 Å². The van der Waals surface area contributed by atoms with Crippen LogP contribution in [-0.2, 0) is 4.79 Å². The minimum Gasteiger partial charge on any atom is -0.497 e. The summed E-state index contributed by atoms with van der Waals surface area (Å²) < 4.78 is 5.11. The molecule has 0 radical (unpaired) electrons. The highest BCUT2D eigenvalue weighted by Crippen LogP contribution is 2.27. The maximum atomic E-state index is 12.2. The van der Waals surface area contributed by atoms with E-state index < -0.39 is 0 Å². The van der Waals surface area contributed by atoms with Crippen LogP contribution >= 0.6 is 0 Å². The fourth-order valence-corrected chi connectivity index (χ4v) is 2.80. The zero-order valence-corrected chi connectivity index (χ0v) is 15.3. The third-order valence-corrected chi connectivity index (χ3v) is 4.82. The van der Waals surface area contributed by atoms with E-state index in [1.54, 1.807) is 13.2 Å². The number of ether oxygens (including phenoxy) is 1. The second-order valence-corrected chi connectivity index (χ2v) is 6.09. The molecule has 0 aliphatic carbocycles. The maximum Gasteiger partial charge on any atom is 0.248 e. The molecule has 0 atom stereocenters. The lowest BCUT2D eigenvalue weighted by Gasteiger charge is -2.16. The van der Waals surface area contributed by atoms with Gasteiger partial charge in [0.1, 0.15) is 5.75 Å². The Balaban J connectivity index is 2.20. The number of methoxy groups -OCH3 is 1. The molecule has 2 rings (SSSR count). The van der Waals surface area contributed by atoms with Crippen LogP contribution in [0.5, 0.6) is 5.75 Å². The molecule has 0 heterocycles. The number of rotatable bonds is 4. The summed E-state index contributed by atoms with van der Waals surface area (Å²) in [4.78, 5) is 12.2. The highest BCUT2D eigenvalue weighted by Gasteiger charge is 2.10. The van der Waals surface area contributed by atoms with E-state index in [0.717, 1.165) is 17.0 Å². The lowest BCUT2D eigenvalue weighted by Crippen LogP contribution is -2.08. The molecule has 0 saturated carbocycles. The average molecular weight is 323 g/mol. The Kier molecular flexibility index (Phi) is 5.45. The normalized spacial score (nSPS) is 10.9. The molecule has 2 aromatic rings. The highest BCUT2D eigenvalue weighted by atomic mass is 16.5. The van der Waals surface area contributed by atoms with E-state index in [1.165, 1.54) is 27.8 Å². The average Bonchev–Trinajstić information content (AvgIpc) is 2.59. The number of hydrogen-bond acceptors (Lipinski definition) is 2. The molecule has 0 aromatic heterocycles. The van der Waals surface area contributed by atoms with E-state index in [1.807, 2.05) is 30.3 Å². The summed E-state index contributed by atoms with van der Waals surface area (Å²) in [5.74, 6) is 0.621. The van der Waals surface area contributed by atoms with Gasteiger partial charge in [-0.3, -0.25) is 4.79 Å². The van der Waals surface area contributed by atoms with Gasteiger partial charge in [-0.2, -0.15) is 0 Å². The van der Waals surface area contributed by atoms with E-state index in [-0.39, 0.29) is 5.91 Å². The zero-order valence-electron chi connectivity index (χ0n) is 15.3. The zero-order chi connectivity index (χ0) is 17.9. The van der Waals surface area contributed by atoms with Gasteiger partial charge in [-0.25, -0.2) is 0 Å². The van der Waals surface area contributed by atoms with Crippen LogP contribution in [0.1, 0.15) is 33.4 Å². The van der Waals surface area contributed by atoms with Crippen LogP contribution in [0, 0.1) is 34.6 Å². The topological polar surface area (TPSA) is 38.3 Å². The lowest BCUT2D eigenvalue weighted by molar-refractivity contribution is -0.111. The van der Waals surface area contributed by atoms with Gasteiger partial charge >= 0.3 is 0 Å². The monoisotopic (exact) mass is 323 g/mol. The van der Waals surface area contributed by atoms with Crippen molar-refractivity contribution in [3.63, 3.8) is 0 Å². The second-order valence-electron chi connectivity index (χ2n) is 6.09. The van der Waals surface area contributed by atoms with Crippen molar-refractivity contribution in [2.75, 3.05) is 12.4 Å².